The highest BCUT2D eigenvalue weighted by Gasteiger charge is 2.13. The molecule has 0 heterocycles. The van der Waals surface area contributed by atoms with Crippen LogP contribution in [0, 0.1) is 12.3 Å². The lowest BCUT2D eigenvalue weighted by Gasteiger charge is -2.26. The first kappa shape index (κ1) is 14.8. The Labute approximate surface area is 112 Å². The Morgan fingerprint density at radius 1 is 0.833 bits per heavy atom. The highest BCUT2D eigenvalue weighted by Crippen LogP contribution is 2.16. The van der Waals surface area contributed by atoms with Crippen LogP contribution < -0.4 is 0 Å². The summed E-state index contributed by atoms with van der Waals surface area (Å²) in [5.41, 5.74) is 3.63. The molecule has 0 saturated carbocycles. The minimum atomic E-state index is 0.915. The molecule has 0 aliphatic carbocycles. The number of rotatable bonds is 4. The van der Waals surface area contributed by atoms with Crippen molar-refractivity contribution in [1.82, 2.24) is 0 Å². The first-order valence-electron chi connectivity index (χ1n) is 6.29. The summed E-state index contributed by atoms with van der Waals surface area (Å²) < 4.78 is 1.83. The number of quaternary nitrogens is 2. The Balaban J connectivity index is 3.07. The van der Waals surface area contributed by atoms with Crippen molar-refractivity contribution in [2.45, 2.75) is 13.1 Å². The zero-order valence-corrected chi connectivity index (χ0v) is 12.6. The van der Waals surface area contributed by atoms with Crippen molar-refractivity contribution >= 4 is 0 Å². The van der Waals surface area contributed by atoms with E-state index in [1.54, 1.807) is 0 Å². The summed E-state index contributed by atoms with van der Waals surface area (Å²) in [6.45, 7) is 2.00. The topological polar surface area (TPSA) is 0 Å². The third-order valence-corrected chi connectivity index (χ3v) is 2.53. The van der Waals surface area contributed by atoms with Crippen LogP contribution in [0.4, 0.5) is 0 Å². The van der Waals surface area contributed by atoms with E-state index in [0.717, 1.165) is 27.6 Å². The van der Waals surface area contributed by atoms with Crippen LogP contribution >= 0.6 is 0 Å². The van der Waals surface area contributed by atoms with Crippen molar-refractivity contribution in [2.75, 3.05) is 42.3 Å². The average molecular weight is 246 g/mol. The molecule has 2 heteroatoms. The Kier molecular flexibility index (Phi) is 4.21. The molecule has 1 aromatic rings. The highest BCUT2D eigenvalue weighted by molar-refractivity contribution is 5.39. The van der Waals surface area contributed by atoms with Gasteiger partial charge in [0.25, 0.3) is 0 Å². The van der Waals surface area contributed by atoms with Crippen LogP contribution in [0.5, 0.6) is 0 Å². The predicted octanol–water partition coefficient (Wildman–Crippen LogP) is 2.08. The molecule has 0 spiro atoms. The van der Waals surface area contributed by atoms with E-state index in [9.17, 15) is 0 Å². The molecule has 18 heavy (non-hydrogen) atoms. The van der Waals surface area contributed by atoms with Gasteiger partial charge in [0, 0.05) is 16.7 Å². The van der Waals surface area contributed by atoms with E-state index < -0.39 is 0 Å². The summed E-state index contributed by atoms with van der Waals surface area (Å²) in [5, 5.41) is 0. The molecule has 0 aliphatic rings. The van der Waals surface area contributed by atoms with Crippen molar-refractivity contribution in [3.8, 4) is 12.3 Å². The largest absolute Gasteiger partial charge is 0.327 e. The van der Waals surface area contributed by atoms with Crippen LogP contribution in [0.2, 0.25) is 0 Å². The van der Waals surface area contributed by atoms with E-state index in [1.807, 2.05) is 0 Å². The normalized spacial score (nSPS) is 12.3. The molecule has 0 atom stereocenters. The van der Waals surface area contributed by atoms with E-state index in [2.05, 4.69) is 66.4 Å². The number of benzene rings is 1. The second-order valence-electron chi connectivity index (χ2n) is 7.08. The maximum Gasteiger partial charge on any atom is 0.104 e. The fourth-order valence-corrected chi connectivity index (χ4v) is 2.12. The lowest BCUT2D eigenvalue weighted by atomic mass is 10.0. The van der Waals surface area contributed by atoms with Gasteiger partial charge in [-0.05, 0) is 18.2 Å². The summed E-state index contributed by atoms with van der Waals surface area (Å²) in [6, 6.07) is 6.54. The molecule has 0 saturated heterocycles. The van der Waals surface area contributed by atoms with Gasteiger partial charge in [-0.1, -0.05) is 5.92 Å². The SMILES string of the molecule is C#Cc1cc(C[N+](C)(C)C)cc(C[N+](C)(C)C)c1. The number of nitrogens with zero attached hydrogens (tertiary/aromatic N) is 2. The number of terminal acetylenes is 1. The highest BCUT2D eigenvalue weighted by atomic mass is 15.3. The quantitative estimate of drug-likeness (QED) is 0.564. The number of hydrogen-bond acceptors (Lipinski definition) is 0. The second kappa shape index (κ2) is 5.14. The molecule has 0 amide bonds. The van der Waals surface area contributed by atoms with Crippen LogP contribution in [0.1, 0.15) is 16.7 Å². The Morgan fingerprint density at radius 2 is 1.22 bits per heavy atom. The first-order chi connectivity index (χ1) is 8.09. The van der Waals surface area contributed by atoms with Crippen LogP contribution in [-0.4, -0.2) is 51.3 Å². The molecule has 0 aromatic heterocycles. The van der Waals surface area contributed by atoms with Gasteiger partial charge in [0.15, 0.2) is 0 Å². The molecule has 2 nitrogen and oxygen atoms in total. The molecule has 0 unspecified atom stereocenters. The van der Waals surface area contributed by atoms with Crippen LogP contribution in [0.25, 0.3) is 0 Å². The molecule has 1 rings (SSSR count). The van der Waals surface area contributed by atoms with E-state index >= 15 is 0 Å². The van der Waals surface area contributed by atoms with Gasteiger partial charge in [-0.2, -0.15) is 0 Å². The van der Waals surface area contributed by atoms with Gasteiger partial charge in [0.2, 0.25) is 0 Å². The van der Waals surface area contributed by atoms with Crippen molar-refractivity contribution in [3.63, 3.8) is 0 Å². The third-order valence-electron chi connectivity index (χ3n) is 2.53. The zero-order chi connectivity index (χ0) is 14.0. The third kappa shape index (κ3) is 5.35. The van der Waals surface area contributed by atoms with Gasteiger partial charge >= 0.3 is 0 Å². The number of hydrogen-bond donors (Lipinski definition) is 0. The van der Waals surface area contributed by atoms with Crippen LogP contribution in [-0.2, 0) is 13.1 Å². The molecule has 98 valence electrons. The van der Waals surface area contributed by atoms with Crippen molar-refractivity contribution in [1.29, 1.82) is 0 Å². The summed E-state index contributed by atoms with van der Waals surface area (Å²) >= 11 is 0. The molecule has 0 radical (unpaired) electrons. The van der Waals surface area contributed by atoms with Crippen molar-refractivity contribution in [2.24, 2.45) is 0 Å². The Hall–Kier alpha value is -1.30. The van der Waals surface area contributed by atoms with Gasteiger partial charge in [-0.25, -0.2) is 0 Å². The van der Waals surface area contributed by atoms with E-state index in [-0.39, 0.29) is 0 Å². The first-order valence-corrected chi connectivity index (χ1v) is 6.29. The maximum absolute atomic E-state index is 5.55. The minimum absolute atomic E-state index is 0.915. The molecular formula is C16H26N2+2. The summed E-state index contributed by atoms with van der Waals surface area (Å²) in [6.07, 6.45) is 5.55. The standard InChI is InChI=1S/C16H26N2/c1-8-14-9-15(12-17(2,3)4)11-16(10-14)13-18(5,6)7/h1,9-11H,12-13H2,2-7H3/q+2. The molecular weight excluding hydrogens is 220 g/mol. The van der Waals surface area contributed by atoms with Gasteiger partial charge in [-0.3, -0.25) is 0 Å². The monoisotopic (exact) mass is 246 g/mol. The molecule has 1 aromatic carbocycles. The van der Waals surface area contributed by atoms with Crippen LogP contribution in [0.3, 0.4) is 0 Å². The van der Waals surface area contributed by atoms with Crippen LogP contribution in [0.15, 0.2) is 18.2 Å². The summed E-state index contributed by atoms with van der Waals surface area (Å²) in [4.78, 5) is 0. The Morgan fingerprint density at radius 3 is 1.50 bits per heavy atom. The second-order valence-corrected chi connectivity index (χ2v) is 7.08. The van der Waals surface area contributed by atoms with E-state index in [0.29, 0.717) is 0 Å². The van der Waals surface area contributed by atoms with Gasteiger partial charge in [0.1, 0.15) is 13.1 Å². The van der Waals surface area contributed by atoms with Gasteiger partial charge in [-0.15, -0.1) is 6.42 Å². The minimum Gasteiger partial charge on any atom is -0.327 e. The lowest BCUT2D eigenvalue weighted by Crippen LogP contribution is -2.34. The van der Waals surface area contributed by atoms with Crippen molar-refractivity contribution < 1.29 is 8.97 Å². The molecule has 0 N–H and O–H groups in total. The fraction of sp³-hybridized carbons (Fsp3) is 0.500. The van der Waals surface area contributed by atoms with E-state index in [1.165, 1.54) is 11.1 Å². The summed E-state index contributed by atoms with van der Waals surface area (Å²) in [7, 11) is 13.2. The average Bonchev–Trinajstić information content (AvgIpc) is 2.11. The molecule has 0 aliphatic heterocycles. The fourth-order valence-electron chi connectivity index (χ4n) is 2.12. The molecule has 0 fully saturated rings. The van der Waals surface area contributed by atoms with Gasteiger partial charge in [0.05, 0.1) is 42.3 Å². The lowest BCUT2D eigenvalue weighted by molar-refractivity contribution is -0.884. The smallest absolute Gasteiger partial charge is 0.104 e. The Bertz CT molecular complexity index is 419. The van der Waals surface area contributed by atoms with Crippen molar-refractivity contribution in [3.05, 3.63) is 34.9 Å². The summed E-state index contributed by atoms with van der Waals surface area (Å²) in [5.74, 6) is 2.77. The zero-order valence-electron chi connectivity index (χ0n) is 12.6. The van der Waals surface area contributed by atoms with Gasteiger partial charge < -0.3 is 8.97 Å². The predicted molar refractivity (Wildman–Crippen MR) is 77.8 cm³/mol. The maximum atomic E-state index is 5.55. The van der Waals surface area contributed by atoms with E-state index in [4.69, 9.17) is 6.42 Å². The molecule has 0 bridgehead atoms.